The number of alkyl halides is 1. The number of carbonyl (C=O) groups is 2. The Labute approximate surface area is 187 Å². The molecule has 5 nitrogen and oxygen atoms in total. The van der Waals surface area contributed by atoms with Gasteiger partial charge in [-0.15, -0.1) is 0 Å². The van der Waals surface area contributed by atoms with Gasteiger partial charge in [-0.25, -0.2) is 4.39 Å². The quantitative estimate of drug-likeness (QED) is 0.668. The van der Waals surface area contributed by atoms with Gasteiger partial charge in [0.25, 0.3) is 0 Å². The number of Topliss-reactive ketones (excluding diaryl/α,β-unsaturated/α-hetero) is 1. The molecule has 0 amide bonds. The summed E-state index contributed by atoms with van der Waals surface area (Å²) in [7, 11) is 0. The topological polar surface area (TPSA) is 65.7 Å². The Kier molecular flexibility index (Phi) is 4.46. The second-order valence-electron chi connectivity index (χ2n) is 10.9. The first-order chi connectivity index (χ1) is 15.3. The molecule has 3 saturated carbocycles. The predicted octanol–water partition coefficient (Wildman–Crippen LogP) is 4.90. The second-order valence-corrected chi connectivity index (χ2v) is 10.9. The lowest BCUT2D eigenvalue weighted by molar-refractivity contribution is -0.234. The van der Waals surface area contributed by atoms with Crippen LogP contribution in [0, 0.1) is 29.1 Å². The van der Waals surface area contributed by atoms with Crippen LogP contribution in [0.2, 0.25) is 0 Å². The van der Waals surface area contributed by atoms with E-state index < -0.39 is 35.4 Å². The average molecular weight is 442 g/mol. The molecule has 0 N–H and O–H groups in total. The molecule has 5 aliphatic rings. The van der Waals surface area contributed by atoms with E-state index in [-0.39, 0.29) is 11.7 Å². The number of hydrogen-bond acceptors (Lipinski definition) is 5. The first kappa shape index (κ1) is 20.8. The molecule has 0 spiro atoms. The van der Waals surface area contributed by atoms with E-state index in [4.69, 9.17) is 13.9 Å². The highest BCUT2D eigenvalue weighted by atomic mass is 18.2. The number of rotatable bonds is 3. The first-order valence-corrected chi connectivity index (χ1v) is 12.1. The summed E-state index contributed by atoms with van der Waals surface area (Å²) >= 11 is 0. The van der Waals surface area contributed by atoms with Crippen LogP contribution in [0.25, 0.3) is 0 Å². The SMILES string of the molecule is C[C@]1(c2ccco2)O[C@@H]2C[C@H]3[C@@H]4CCC5=CC(=O)CC[C@@H]5[C@H]4CC[C@]3(C)[C@]2(C(=O)C[18F])O1. The molecule has 32 heavy (non-hydrogen) atoms. The van der Waals surface area contributed by atoms with Crippen molar-refractivity contribution >= 4 is 11.6 Å². The molecule has 6 heteroatoms. The Morgan fingerprint density at radius 2 is 2.03 bits per heavy atom. The van der Waals surface area contributed by atoms with Crippen LogP contribution in [-0.4, -0.2) is 29.9 Å². The maximum atomic E-state index is 14.0. The Hall–Kier alpha value is -1.79. The Bertz CT molecular complexity index is 984. The van der Waals surface area contributed by atoms with Gasteiger partial charge in [-0.3, -0.25) is 9.59 Å². The lowest BCUT2D eigenvalue weighted by Crippen LogP contribution is -2.60. The predicted molar refractivity (Wildman–Crippen MR) is 113 cm³/mol. The summed E-state index contributed by atoms with van der Waals surface area (Å²) in [4.78, 5) is 25.3. The minimum Gasteiger partial charge on any atom is -0.464 e. The third-order valence-electron chi connectivity index (χ3n) is 9.69. The monoisotopic (exact) mass is 441 g/mol. The average Bonchev–Trinajstić information content (AvgIpc) is 3.47. The van der Waals surface area contributed by atoms with Gasteiger partial charge in [-0.05, 0) is 87.3 Å². The molecule has 172 valence electrons. The van der Waals surface area contributed by atoms with Crippen molar-refractivity contribution in [2.45, 2.75) is 76.3 Å². The van der Waals surface area contributed by atoms with Gasteiger partial charge < -0.3 is 13.9 Å². The lowest BCUT2D eigenvalue weighted by Gasteiger charge is -2.55. The molecule has 1 aliphatic heterocycles. The normalized spacial score (nSPS) is 47.3. The molecule has 0 radical (unpaired) electrons. The van der Waals surface area contributed by atoms with Gasteiger partial charge >= 0.3 is 0 Å². The minimum absolute atomic E-state index is 0.238. The van der Waals surface area contributed by atoms with Crippen LogP contribution in [0.15, 0.2) is 34.5 Å². The Morgan fingerprint density at radius 1 is 1.19 bits per heavy atom. The maximum absolute atomic E-state index is 14.0. The number of fused-ring (bicyclic) bond motifs is 7. The first-order valence-electron chi connectivity index (χ1n) is 12.1. The van der Waals surface area contributed by atoms with Gasteiger partial charge in [0.2, 0.25) is 5.79 Å². The molecule has 0 aromatic carbocycles. The van der Waals surface area contributed by atoms with Crippen LogP contribution in [0.3, 0.4) is 0 Å². The molecule has 4 fully saturated rings. The van der Waals surface area contributed by atoms with Crippen LogP contribution in [0.5, 0.6) is 0 Å². The molecular weight excluding hydrogens is 410 g/mol. The third-order valence-corrected chi connectivity index (χ3v) is 9.69. The molecule has 0 unspecified atom stereocenters. The Morgan fingerprint density at radius 3 is 2.78 bits per heavy atom. The zero-order valence-electron chi connectivity index (χ0n) is 18.8. The van der Waals surface area contributed by atoms with E-state index in [1.807, 2.05) is 6.08 Å². The van der Waals surface area contributed by atoms with Crippen LogP contribution in [-0.2, 0) is 24.8 Å². The van der Waals surface area contributed by atoms with Crippen molar-refractivity contribution in [3.63, 3.8) is 0 Å². The number of furan rings is 1. The van der Waals surface area contributed by atoms with Crippen molar-refractivity contribution in [1.29, 1.82) is 0 Å². The lowest BCUT2D eigenvalue weighted by atomic mass is 9.50. The van der Waals surface area contributed by atoms with E-state index in [1.54, 1.807) is 25.3 Å². The van der Waals surface area contributed by atoms with Crippen molar-refractivity contribution < 1.29 is 27.9 Å². The number of ketones is 2. The number of allylic oxidation sites excluding steroid dienone is 1. The van der Waals surface area contributed by atoms with Crippen molar-refractivity contribution in [3.05, 3.63) is 35.8 Å². The highest BCUT2D eigenvalue weighted by Gasteiger charge is 2.76. The standard InChI is InChI=1S/C26H31FO5/c1-24-10-9-18-17-8-6-16(28)12-15(17)5-7-19(18)20(24)13-23-26(24,21(29)14-27)32-25(2,31-23)22-4-3-11-30-22/h3-4,11-12,17-20,23H,5-10,13-14H2,1-2H3/t17-,18+,19+,20-,23+,24-,25-,26+/m0/s1/i27-1. The summed E-state index contributed by atoms with van der Waals surface area (Å²) in [5.41, 5.74) is -0.452. The number of hydrogen-bond donors (Lipinski definition) is 0. The van der Waals surface area contributed by atoms with Crippen LogP contribution in [0.4, 0.5) is 4.39 Å². The highest BCUT2D eigenvalue weighted by molar-refractivity contribution is 5.92. The summed E-state index contributed by atoms with van der Waals surface area (Å²) in [6.07, 6.45) is 8.99. The smallest absolute Gasteiger partial charge is 0.226 e. The third kappa shape index (κ3) is 2.51. The van der Waals surface area contributed by atoms with E-state index in [0.29, 0.717) is 36.4 Å². The number of ether oxygens (including phenoxy) is 2. The van der Waals surface area contributed by atoms with Gasteiger partial charge in [-0.1, -0.05) is 12.5 Å². The molecule has 8 atom stereocenters. The molecule has 1 saturated heterocycles. The van der Waals surface area contributed by atoms with Gasteiger partial charge in [0.15, 0.2) is 29.6 Å². The number of halogens is 1. The van der Waals surface area contributed by atoms with Crippen molar-refractivity contribution in [3.8, 4) is 0 Å². The van der Waals surface area contributed by atoms with Crippen molar-refractivity contribution in [1.82, 2.24) is 0 Å². The van der Waals surface area contributed by atoms with Gasteiger partial charge in [0.05, 0.1) is 12.4 Å². The summed E-state index contributed by atoms with van der Waals surface area (Å²) < 4.78 is 32.6. The van der Waals surface area contributed by atoms with Crippen LogP contribution < -0.4 is 0 Å². The van der Waals surface area contributed by atoms with E-state index in [1.165, 1.54) is 5.57 Å². The van der Waals surface area contributed by atoms with Gasteiger partial charge in [0.1, 0.15) is 0 Å². The molecule has 4 aliphatic carbocycles. The van der Waals surface area contributed by atoms with E-state index in [0.717, 1.165) is 32.1 Å². The van der Waals surface area contributed by atoms with E-state index >= 15 is 0 Å². The zero-order valence-corrected chi connectivity index (χ0v) is 18.8. The molecule has 2 heterocycles. The van der Waals surface area contributed by atoms with Crippen LogP contribution >= 0.6 is 0 Å². The summed E-state index contributed by atoms with van der Waals surface area (Å²) in [6.45, 7) is 2.86. The minimum atomic E-state index is -1.29. The fourth-order valence-electron chi connectivity index (χ4n) is 8.38. The van der Waals surface area contributed by atoms with E-state index in [2.05, 4.69) is 6.92 Å². The number of carbonyl (C=O) groups excluding carboxylic acids is 2. The summed E-state index contributed by atoms with van der Waals surface area (Å²) in [5.74, 6) is 0.747. The van der Waals surface area contributed by atoms with Gasteiger partial charge in [-0.2, -0.15) is 0 Å². The van der Waals surface area contributed by atoms with Crippen molar-refractivity contribution in [2.75, 3.05) is 6.67 Å². The molecular formula is C26H31FO5. The molecule has 6 rings (SSSR count). The van der Waals surface area contributed by atoms with Gasteiger partial charge in [0, 0.05) is 11.8 Å². The zero-order chi connectivity index (χ0) is 22.3. The largest absolute Gasteiger partial charge is 0.464 e. The van der Waals surface area contributed by atoms with Crippen molar-refractivity contribution in [2.24, 2.45) is 29.1 Å². The molecule has 0 bridgehead atoms. The van der Waals surface area contributed by atoms with E-state index in [9.17, 15) is 14.0 Å². The summed E-state index contributed by atoms with van der Waals surface area (Å²) in [5, 5.41) is 0. The van der Waals surface area contributed by atoms with Crippen LogP contribution in [0.1, 0.15) is 64.6 Å². The molecule has 1 aromatic rings. The Balaban J connectivity index is 1.38. The maximum Gasteiger partial charge on any atom is 0.226 e. The molecule has 1 aromatic heterocycles. The summed E-state index contributed by atoms with van der Waals surface area (Å²) in [6, 6.07) is 3.55. The fraction of sp³-hybridized carbons (Fsp3) is 0.692. The second kappa shape index (κ2) is 6.86. The fourth-order valence-corrected chi connectivity index (χ4v) is 8.38. The highest BCUT2D eigenvalue weighted by Crippen LogP contribution is 2.69.